The predicted octanol–water partition coefficient (Wildman–Crippen LogP) is 3.32. The van der Waals surface area contributed by atoms with Crippen LogP contribution < -0.4 is 15.2 Å². The number of aromatic nitrogens is 1. The van der Waals surface area contributed by atoms with Crippen molar-refractivity contribution in [3.8, 4) is 11.5 Å². The normalized spacial score (nSPS) is 12.2. The van der Waals surface area contributed by atoms with Crippen LogP contribution in [0.1, 0.15) is 29.6 Å². The predicted molar refractivity (Wildman–Crippen MR) is 86.1 cm³/mol. The third-order valence-electron chi connectivity index (χ3n) is 3.29. The molecule has 1 aromatic carbocycles. The molecule has 1 heterocycles. The van der Waals surface area contributed by atoms with E-state index in [2.05, 4.69) is 11.9 Å². The van der Waals surface area contributed by atoms with Crippen LogP contribution in [0.25, 0.3) is 0 Å². The summed E-state index contributed by atoms with van der Waals surface area (Å²) in [5.74, 6) is 1.47. The number of nitrogens with zero attached hydrogens (tertiary/aromatic N) is 1. The van der Waals surface area contributed by atoms with E-state index in [1.807, 2.05) is 30.5 Å². The number of ether oxygens (including phenoxy) is 2. The molecular formula is C16H22N2O2S. The fraction of sp³-hybridized carbons (Fsp3) is 0.438. The summed E-state index contributed by atoms with van der Waals surface area (Å²) in [5.41, 5.74) is 8.10. The van der Waals surface area contributed by atoms with E-state index in [0.29, 0.717) is 6.61 Å². The van der Waals surface area contributed by atoms with Gasteiger partial charge >= 0.3 is 0 Å². The van der Waals surface area contributed by atoms with Gasteiger partial charge in [0, 0.05) is 11.4 Å². The van der Waals surface area contributed by atoms with Crippen molar-refractivity contribution < 1.29 is 9.47 Å². The average Bonchev–Trinajstić information content (AvgIpc) is 2.91. The smallest absolute Gasteiger partial charge is 0.161 e. The third-order valence-corrected chi connectivity index (χ3v) is 4.11. The summed E-state index contributed by atoms with van der Waals surface area (Å²) in [5, 5.41) is 3.06. The summed E-state index contributed by atoms with van der Waals surface area (Å²) in [7, 11) is 1.65. The van der Waals surface area contributed by atoms with Crippen molar-refractivity contribution in [2.45, 2.75) is 39.3 Å². The van der Waals surface area contributed by atoms with Gasteiger partial charge in [0.1, 0.15) is 6.61 Å². The topological polar surface area (TPSA) is 57.4 Å². The molecule has 114 valence electrons. The Balaban J connectivity index is 2.05. The first-order chi connectivity index (χ1) is 10.1. The largest absolute Gasteiger partial charge is 0.493 e. The van der Waals surface area contributed by atoms with Gasteiger partial charge in [-0.25, -0.2) is 4.98 Å². The van der Waals surface area contributed by atoms with E-state index in [9.17, 15) is 0 Å². The van der Waals surface area contributed by atoms with Crippen molar-refractivity contribution in [3.63, 3.8) is 0 Å². The first-order valence-corrected chi connectivity index (χ1v) is 7.96. The van der Waals surface area contributed by atoms with Gasteiger partial charge in [0.05, 0.1) is 17.8 Å². The van der Waals surface area contributed by atoms with Crippen molar-refractivity contribution >= 4 is 11.3 Å². The molecule has 5 heteroatoms. The Labute approximate surface area is 129 Å². The molecule has 2 rings (SSSR count). The fourth-order valence-corrected chi connectivity index (χ4v) is 2.63. The maximum atomic E-state index is 5.99. The van der Waals surface area contributed by atoms with Gasteiger partial charge in [0.25, 0.3) is 0 Å². The lowest BCUT2D eigenvalue weighted by atomic mass is 10.0. The highest BCUT2D eigenvalue weighted by atomic mass is 32.1. The van der Waals surface area contributed by atoms with Crippen LogP contribution in [-0.2, 0) is 13.0 Å². The van der Waals surface area contributed by atoms with Crippen LogP contribution in [-0.4, -0.2) is 18.1 Å². The number of methoxy groups -OCH3 is 1. The Morgan fingerprint density at radius 3 is 2.76 bits per heavy atom. The first-order valence-electron chi connectivity index (χ1n) is 7.08. The molecule has 2 N–H and O–H groups in total. The number of thiazole rings is 1. The zero-order valence-electron chi connectivity index (χ0n) is 12.8. The summed E-state index contributed by atoms with van der Waals surface area (Å²) < 4.78 is 11.2. The quantitative estimate of drug-likeness (QED) is 0.852. The fourth-order valence-electron chi connectivity index (χ4n) is 2.03. The molecule has 0 bridgehead atoms. The summed E-state index contributed by atoms with van der Waals surface area (Å²) in [6.07, 6.45) is 1.81. The molecule has 0 saturated carbocycles. The monoisotopic (exact) mass is 306 g/mol. The maximum absolute atomic E-state index is 5.99. The summed E-state index contributed by atoms with van der Waals surface area (Å²) in [6.45, 7) is 4.53. The Kier molecular flexibility index (Phi) is 5.59. The summed E-state index contributed by atoms with van der Waals surface area (Å²) in [6, 6.07) is 6.16. The SMILES string of the molecule is CCC(N)Cc1ccc(OCc2csc(C)n2)c(OC)c1. The van der Waals surface area contributed by atoms with Crippen LogP contribution >= 0.6 is 11.3 Å². The Morgan fingerprint density at radius 1 is 1.33 bits per heavy atom. The number of rotatable bonds is 7. The van der Waals surface area contributed by atoms with Gasteiger partial charge in [-0.3, -0.25) is 0 Å². The van der Waals surface area contributed by atoms with E-state index < -0.39 is 0 Å². The Hall–Kier alpha value is -1.59. The molecule has 0 spiro atoms. The maximum Gasteiger partial charge on any atom is 0.161 e. The second-order valence-corrected chi connectivity index (χ2v) is 6.07. The Morgan fingerprint density at radius 2 is 2.14 bits per heavy atom. The van der Waals surface area contributed by atoms with Crippen LogP contribution in [0.15, 0.2) is 23.6 Å². The van der Waals surface area contributed by atoms with E-state index in [1.54, 1.807) is 18.4 Å². The number of benzene rings is 1. The second-order valence-electron chi connectivity index (χ2n) is 5.00. The van der Waals surface area contributed by atoms with Crippen LogP contribution in [0.3, 0.4) is 0 Å². The minimum Gasteiger partial charge on any atom is -0.493 e. The van der Waals surface area contributed by atoms with Crippen molar-refractivity contribution in [2.24, 2.45) is 5.73 Å². The molecule has 2 aromatic rings. The van der Waals surface area contributed by atoms with E-state index in [0.717, 1.165) is 40.6 Å². The van der Waals surface area contributed by atoms with Crippen molar-refractivity contribution in [1.29, 1.82) is 0 Å². The lowest BCUT2D eigenvalue weighted by molar-refractivity contribution is 0.281. The average molecular weight is 306 g/mol. The van der Waals surface area contributed by atoms with Gasteiger partial charge in [-0.15, -0.1) is 11.3 Å². The van der Waals surface area contributed by atoms with E-state index in [4.69, 9.17) is 15.2 Å². The van der Waals surface area contributed by atoms with Gasteiger partial charge in [0.15, 0.2) is 11.5 Å². The molecule has 0 saturated heterocycles. The summed E-state index contributed by atoms with van der Waals surface area (Å²) in [4.78, 5) is 4.39. The molecule has 1 aromatic heterocycles. The minimum absolute atomic E-state index is 0.180. The van der Waals surface area contributed by atoms with Gasteiger partial charge in [-0.05, 0) is 37.5 Å². The van der Waals surface area contributed by atoms with Crippen LogP contribution in [0.4, 0.5) is 0 Å². The first kappa shape index (κ1) is 15.8. The molecule has 21 heavy (non-hydrogen) atoms. The molecule has 0 aliphatic heterocycles. The molecule has 0 fully saturated rings. The Bertz CT molecular complexity index is 583. The molecular weight excluding hydrogens is 284 g/mol. The number of nitrogens with two attached hydrogens (primary N) is 1. The molecule has 0 aliphatic rings. The van der Waals surface area contributed by atoms with Gasteiger partial charge in [0.2, 0.25) is 0 Å². The second kappa shape index (κ2) is 7.43. The minimum atomic E-state index is 0.180. The van der Waals surface area contributed by atoms with Crippen molar-refractivity contribution in [2.75, 3.05) is 7.11 Å². The van der Waals surface area contributed by atoms with E-state index in [-0.39, 0.29) is 6.04 Å². The molecule has 0 amide bonds. The van der Waals surface area contributed by atoms with E-state index in [1.165, 1.54) is 0 Å². The standard InChI is InChI=1S/C16H22N2O2S/c1-4-13(17)7-12-5-6-15(16(8-12)19-3)20-9-14-10-21-11(2)18-14/h5-6,8,10,13H,4,7,9,17H2,1-3H3. The van der Waals surface area contributed by atoms with Gasteiger partial charge in [-0.2, -0.15) is 0 Å². The molecule has 4 nitrogen and oxygen atoms in total. The zero-order valence-corrected chi connectivity index (χ0v) is 13.6. The number of hydrogen-bond donors (Lipinski definition) is 1. The number of hydrogen-bond acceptors (Lipinski definition) is 5. The lowest BCUT2D eigenvalue weighted by Crippen LogP contribution is -2.21. The van der Waals surface area contributed by atoms with Crippen LogP contribution in [0.2, 0.25) is 0 Å². The number of aryl methyl sites for hydroxylation is 1. The third kappa shape index (κ3) is 4.44. The zero-order chi connectivity index (χ0) is 15.2. The molecule has 1 unspecified atom stereocenters. The van der Waals surface area contributed by atoms with Crippen LogP contribution in [0.5, 0.6) is 11.5 Å². The highest BCUT2D eigenvalue weighted by Crippen LogP contribution is 2.29. The van der Waals surface area contributed by atoms with E-state index >= 15 is 0 Å². The highest BCUT2D eigenvalue weighted by molar-refractivity contribution is 7.09. The van der Waals surface area contributed by atoms with Crippen molar-refractivity contribution in [3.05, 3.63) is 39.8 Å². The van der Waals surface area contributed by atoms with Gasteiger partial charge < -0.3 is 15.2 Å². The highest BCUT2D eigenvalue weighted by Gasteiger charge is 2.09. The van der Waals surface area contributed by atoms with Gasteiger partial charge in [-0.1, -0.05) is 13.0 Å². The molecule has 0 radical (unpaired) electrons. The molecule has 0 aliphatic carbocycles. The lowest BCUT2D eigenvalue weighted by Gasteiger charge is -2.13. The van der Waals surface area contributed by atoms with Crippen LogP contribution in [0, 0.1) is 6.92 Å². The molecule has 1 atom stereocenters. The van der Waals surface area contributed by atoms with Crippen molar-refractivity contribution in [1.82, 2.24) is 4.98 Å². The summed E-state index contributed by atoms with van der Waals surface area (Å²) >= 11 is 1.62.